The van der Waals surface area contributed by atoms with Crippen LogP contribution in [0.5, 0.6) is 0 Å². The minimum absolute atomic E-state index is 0.0873. The molecule has 1 heterocycles. The first-order chi connectivity index (χ1) is 11.8. The second-order valence-corrected chi connectivity index (χ2v) is 5.30. The molecule has 0 fully saturated rings. The maximum absolute atomic E-state index is 11.5. The molecule has 1 amide bonds. The van der Waals surface area contributed by atoms with Crippen molar-refractivity contribution < 1.29 is 14.8 Å². The van der Waals surface area contributed by atoms with E-state index in [0.717, 1.165) is 4.90 Å². The minimum Gasteiger partial charge on any atom is -0.465 e. The molecule has 10 heteroatoms. The molecular weight excluding hydrogens is 350 g/mol. The quantitative estimate of drug-likeness (QED) is 0.347. The van der Waals surface area contributed by atoms with Crippen molar-refractivity contribution in [2.75, 3.05) is 17.2 Å². The van der Waals surface area contributed by atoms with E-state index in [1.165, 1.54) is 24.3 Å². The average molecular weight is 364 g/mol. The Labute approximate surface area is 147 Å². The van der Waals surface area contributed by atoms with Crippen LogP contribution in [0.25, 0.3) is 11.3 Å². The number of nitrogen functional groups attached to an aromatic ring is 1. The number of halogens is 1. The zero-order valence-electron chi connectivity index (χ0n) is 12.9. The number of anilines is 2. The largest absolute Gasteiger partial charge is 0.465 e. The smallest absolute Gasteiger partial charge is 0.411 e. The van der Waals surface area contributed by atoms with Gasteiger partial charge in [0.25, 0.3) is 5.69 Å². The van der Waals surface area contributed by atoms with E-state index >= 15 is 0 Å². The number of aromatic nitrogens is 2. The van der Waals surface area contributed by atoms with Crippen molar-refractivity contribution in [3.63, 3.8) is 0 Å². The number of non-ortho nitro benzene ring substituents is 1. The maximum Gasteiger partial charge on any atom is 0.411 e. The fourth-order valence-electron chi connectivity index (χ4n) is 2.12. The second kappa shape index (κ2) is 7.58. The zero-order valence-corrected chi connectivity index (χ0v) is 13.7. The topological polar surface area (TPSA) is 135 Å². The van der Waals surface area contributed by atoms with Gasteiger partial charge in [0.15, 0.2) is 5.15 Å². The van der Waals surface area contributed by atoms with Crippen LogP contribution in [0, 0.1) is 10.1 Å². The van der Waals surface area contributed by atoms with Crippen LogP contribution in [0.15, 0.2) is 36.9 Å². The van der Waals surface area contributed by atoms with Crippen LogP contribution < -0.4 is 10.6 Å². The number of nitro benzene ring substituents is 1. The molecule has 9 nitrogen and oxygen atoms in total. The first-order valence-electron chi connectivity index (χ1n) is 7.04. The molecule has 0 unspecified atom stereocenters. The van der Waals surface area contributed by atoms with Crippen LogP contribution in [-0.2, 0) is 0 Å². The number of carboxylic acid groups (broad SMARTS) is 1. The Morgan fingerprint density at radius 2 is 2.16 bits per heavy atom. The normalized spacial score (nSPS) is 10.3. The lowest BCUT2D eigenvalue weighted by Gasteiger charge is -2.19. The van der Waals surface area contributed by atoms with E-state index in [9.17, 15) is 20.0 Å². The van der Waals surface area contributed by atoms with Gasteiger partial charge >= 0.3 is 6.09 Å². The molecule has 0 aliphatic heterocycles. The highest BCUT2D eigenvalue weighted by molar-refractivity contribution is 6.32. The molecular formula is C15H14ClN5O4. The highest BCUT2D eigenvalue weighted by Gasteiger charge is 2.20. The van der Waals surface area contributed by atoms with Gasteiger partial charge in [-0.3, -0.25) is 15.0 Å². The number of hydrogen-bond acceptors (Lipinski definition) is 6. The van der Waals surface area contributed by atoms with Gasteiger partial charge in [-0.2, -0.15) is 0 Å². The lowest BCUT2D eigenvalue weighted by atomic mass is 10.1. The first kappa shape index (κ1) is 18.1. The van der Waals surface area contributed by atoms with E-state index < -0.39 is 11.0 Å². The summed E-state index contributed by atoms with van der Waals surface area (Å²) in [6.45, 7) is 3.69. The van der Waals surface area contributed by atoms with Crippen molar-refractivity contribution in [1.29, 1.82) is 0 Å². The molecule has 2 rings (SSSR count). The predicted octanol–water partition coefficient (Wildman–Crippen LogP) is 3.35. The number of hydrogen-bond donors (Lipinski definition) is 2. The SMILES string of the molecule is C=CCCN(C(=O)O)c1cc(-c2ccc([N+](=O)[O-])cc2N)nnc1Cl. The molecule has 0 aliphatic carbocycles. The number of nitrogens with two attached hydrogens (primary N) is 1. The summed E-state index contributed by atoms with van der Waals surface area (Å²) in [7, 11) is 0. The van der Waals surface area contributed by atoms with Crippen molar-refractivity contribution in [2.24, 2.45) is 0 Å². The van der Waals surface area contributed by atoms with Gasteiger partial charge in [0, 0.05) is 29.9 Å². The molecule has 1 aromatic carbocycles. The lowest BCUT2D eigenvalue weighted by Crippen LogP contribution is -2.30. The van der Waals surface area contributed by atoms with Crippen molar-refractivity contribution in [3.8, 4) is 11.3 Å². The van der Waals surface area contributed by atoms with E-state index in [4.69, 9.17) is 17.3 Å². The predicted molar refractivity (Wildman–Crippen MR) is 93.7 cm³/mol. The van der Waals surface area contributed by atoms with Crippen molar-refractivity contribution in [1.82, 2.24) is 10.2 Å². The molecule has 0 atom stereocenters. The van der Waals surface area contributed by atoms with E-state index in [0.29, 0.717) is 12.0 Å². The minimum atomic E-state index is -1.21. The highest BCUT2D eigenvalue weighted by atomic mass is 35.5. The Kier molecular flexibility index (Phi) is 5.50. The Balaban J connectivity index is 2.49. The number of rotatable bonds is 6. The molecule has 0 saturated carbocycles. The summed E-state index contributed by atoms with van der Waals surface area (Å²) < 4.78 is 0. The number of benzene rings is 1. The van der Waals surface area contributed by atoms with Gasteiger partial charge in [-0.15, -0.1) is 16.8 Å². The van der Waals surface area contributed by atoms with Crippen LogP contribution in [0.3, 0.4) is 0 Å². The fraction of sp³-hybridized carbons (Fsp3) is 0.133. The Hall–Kier alpha value is -3.20. The van der Waals surface area contributed by atoms with Crippen LogP contribution in [0.1, 0.15) is 6.42 Å². The van der Waals surface area contributed by atoms with Gasteiger partial charge in [-0.1, -0.05) is 17.7 Å². The summed E-state index contributed by atoms with van der Waals surface area (Å²) in [5.74, 6) is 0. The third-order valence-corrected chi connectivity index (χ3v) is 3.60. The zero-order chi connectivity index (χ0) is 18.6. The fourth-order valence-corrected chi connectivity index (χ4v) is 2.32. The number of amides is 1. The second-order valence-electron chi connectivity index (χ2n) is 4.95. The molecule has 130 valence electrons. The van der Waals surface area contributed by atoms with Gasteiger partial charge in [0.1, 0.15) is 0 Å². The molecule has 0 spiro atoms. The monoisotopic (exact) mass is 363 g/mol. The maximum atomic E-state index is 11.5. The molecule has 0 radical (unpaired) electrons. The summed E-state index contributed by atoms with van der Waals surface area (Å²) >= 11 is 5.98. The van der Waals surface area contributed by atoms with Gasteiger partial charge in [-0.05, 0) is 18.6 Å². The van der Waals surface area contributed by atoms with Crippen LogP contribution in [0.4, 0.5) is 21.9 Å². The van der Waals surface area contributed by atoms with Gasteiger partial charge in [0.2, 0.25) is 0 Å². The summed E-state index contributed by atoms with van der Waals surface area (Å²) in [6.07, 6.45) is 0.785. The van der Waals surface area contributed by atoms with E-state index in [2.05, 4.69) is 16.8 Å². The standard InChI is InChI=1S/C15H14ClN5O4/c1-2-3-6-20(15(22)23)13-8-12(18-19-14(13)16)10-5-4-9(21(24)25)7-11(10)17/h2,4-5,7-8H,1,3,6,17H2,(H,22,23). The third-order valence-electron chi connectivity index (χ3n) is 3.33. The van der Waals surface area contributed by atoms with Gasteiger partial charge < -0.3 is 10.8 Å². The summed E-state index contributed by atoms with van der Waals surface area (Å²) in [5.41, 5.74) is 6.56. The molecule has 2 aromatic rings. The van der Waals surface area contributed by atoms with E-state index in [1.807, 2.05) is 0 Å². The summed E-state index contributed by atoms with van der Waals surface area (Å²) in [4.78, 5) is 22.7. The van der Waals surface area contributed by atoms with E-state index in [-0.39, 0.29) is 34.5 Å². The molecule has 3 N–H and O–H groups in total. The number of nitro groups is 1. The average Bonchev–Trinajstić information content (AvgIpc) is 2.56. The molecule has 25 heavy (non-hydrogen) atoms. The first-order valence-corrected chi connectivity index (χ1v) is 7.41. The highest BCUT2D eigenvalue weighted by Crippen LogP contribution is 2.32. The van der Waals surface area contributed by atoms with Crippen molar-refractivity contribution in [2.45, 2.75) is 6.42 Å². The van der Waals surface area contributed by atoms with Crippen molar-refractivity contribution >= 4 is 34.8 Å². The van der Waals surface area contributed by atoms with Crippen LogP contribution in [0.2, 0.25) is 5.15 Å². The van der Waals surface area contributed by atoms with Gasteiger partial charge in [0.05, 0.1) is 16.3 Å². The van der Waals surface area contributed by atoms with E-state index in [1.54, 1.807) is 6.08 Å². The van der Waals surface area contributed by atoms with Crippen molar-refractivity contribution in [3.05, 3.63) is 52.2 Å². The summed E-state index contributed by atoms with van der Waals surface area (Å²) in [5, 5.41) is 27.7. The summed E-state index contributed by atoms with van der Waals surface area (Å²) in [6, 6.07) is 5.31. The third kappa shape index (κ3) is 4.01. The molecule has 0 aliphatic rings. The molecule has 0 saturated heterocycles. The van der Waals surface area contributed by atoms with Crippen LogP contribution in [-0.4, -0.2) is 32.9 Å². The lowest BCUT2D eigenvalue weighted by molar-refractivity contribution is -0.384. The Bertz CT molecular complexity index is 843. The Morgan fingerprint density at radius 1 is 1.44 bits per heavy atom. The Morgan fingerprint density at radius 3 is 2.72 bits per heavy atom. The number of carbonyl (C=O) groups is 1. The molecule has 0 bridgehead atoms. The molecule has 1 aromatic heterocycles. The van der Waals surface area contributed by atoms with Crippen LogP contribution >= 0.6 is 11.6 Å². The van der Waals surface area contributed by atoms with Gasteiger partial charge in [-0.25, -0.2) is 4.79 Å². The number of nitrogens with zero attached hydrogens (tertiary/aromatic N) is 4.